The van der Waals surface area contributed by atoms with Gasteiger partial charge in [0.05, 0.1) is 29.8 Å². The topological polar surface area (TPSA) is 107 Å². The van der Waals surface area contributed by atoms with Gasteiger partial charge in [-0.25, -0.2) is 13.2 Å². The maximum Gasteiger partial charge on any atom is 0.421 e. The standard InChI is InChI=1S/C22H21ClN4O5S/c1-14-19(13-27(22(28)29)33(30,31)18-7-5-17(32-3)6-8-18)21(25(2)24-14)26-11-10-15-12-16(23)4-9-20(15)26/h4-12H,13H2,1-3H3,(H,28,29). The van der Waals surface area contributed by atoms with E-state index in [1.807, 2.05) is 29.0 Å². The first kappa shape index (κ1) is 22.7. The van der Waals surface area contributed by atoms with Gasteiger partial charge in [0.2, 0.25) is 0 Å². The highest BCUT2D eigenvalue weighted by Crippen LogP contribution is 2.29. The van der Waals surface area contributed by atoms with Crippen LogP contribution in [0.15, 0.2) is 59.6 Å². The molecule has 0 fully saturated rings. The van der Waals surface area contributed by atoms with Crippen LogP contribution in [0.1, 0.15) is 11.3 Å². The maximum atomic E-state index is 13.2. The third kappa shape index (κ3) is 4.03. The van der Waals surface area contributed by atoms with E-state index in [0.717, 1.165) is 10.9 Å². The minimum absolute atomic E-state index is 0.158. The van der Waals surface area contributed by atoms with E-state index in [4.69, 9.17) is 16.3 Å². The van der Waals surface area contributed by atoms with Crippen molar-refractivity contribution in [3.05, 3.63) is 71.0 Å². The van der Waals surface area contributed by atoms with Crippen molar-refractivity contribution in [2.24, 2.45) is 7.05 Å². The highest BCUT2D eigenvalue weighted by Gasteiger charge is 2.32. The third-order valence-electron chi connectivity index (χ3n) is 5.36. The van der Waals surface area contributed by atoms with Crippen molar-refractivity contribution in [3.63, 3.8) is 0 Å². The van der Waals surface area contributed by atoms with E-state index in [-0.39, 0.29) is 4.90 Å². The van der Waals surface area contributed by atoms with Crippen LogP contribution >= 0.6 is 11.6 Å². The number of nitrogens with zero attached hydrogens (tertiary/aromatic N) is 4. The molecule has 1 amide bonds. The van der Waals surface area contributed by atoms with Crippen LogP contribution in [0.4, 0.5) is 4.79 Å². The number of benzene rings is 2. The third-order valence-corrected chi connectivity index (χ3v) is 7.32. The number of ether oxygens (including phenoxy) is 1. The van der Waals surface area contributed by atoms with Gasteiger partial charge in [-0.15, -0.1) is 0 Å². The van der Waals surface area contributed by atoms with Gasteiger partial charge in [-0.05, 0) is 55.5 Å². The fourth-order valence-corrected chi connectivity index (χ4v) is 5.17. The quantitative estimate of drug-likeness (QED) is 0.436. The minimum atomic E-state index is -4.35. The molecule has 0 saturated carbocycles. The molecule has 4 rings (SSSR count). The minimum Gasteiger partial charge on any atom is -0.497 e. The molecule has 4 aromatic rings. The average Bonchev–Trinajstić information content (AvgIpc) is 3.30. The van der Waals surface area contributed by atoms with Gasteiger partial charge in [0.1, 0.15) is 11.6 Å². The zero-order valence-electron chi connectivity index (χ0n) is 18.1. The predicted octanol–water partition coefficient (Wildman–Crippen LogP) is 4.20. The number of carbonyl (C=O) groups is 1. The monoisotopic (exact) mass is 488 g/mol. The van der Waals surface area contributed by atoms with Gasteiger partial charge < -0.3 is 14.4 Å². The van der Waals surface area contributed by atoms with Crippen molar-refractivity contribution >= 4 is 38.6 Å². The molecular formula is C22H21ClN4O5S. The molecule has 0 saturated heterocycles. The number of amides is 1. The summed E-state index contributed by atoms with van der Waals surface area (Å²) in [6, 6.07) is 12.8. The number of hydrogen-bond donors (Lipinski definition) is 1. The van der Waals surface area contributed by atoms with Crippen molar-refractivity contribution < 1.29 is 23.1 Å². The Kier molecular flexibility index (Phi) is 5.81. The van der Waals surface area contributed by atoms with Crippen molar-refractivity contribution in [2.75, 3.05) is 7.11 Å². The molecule has 0 spiro atoms. The Morgan fingerprint density at radius 3 is 2.52 bits per heavy atom. The molecule has 0 radical (unpaired) electrons. The van der Waals surface area contributed by atoms with Gasteiger partial charge in [0.15, 0.2) is 0 Å². The summed E-state index contributed by atoms with van der Waals surface area (Å²) in [7, 11) is -1.17. The van der Waals surface area contributed by atoms with Crippen LogP contribution in [0.3, 0.4) is 0 Å². The van der Waals surface area contributed by atoms with E-state index in [1.54, 1.807) is 24.7 Å². The molecule has 2 aromatic carbocycles. The van der Waals surface area contributed by atoms with E-state index in [2.05, 4.69) is 5.10 Å². The largest absolute Gasteiger partial charge is 0.497 e. The fourth-order valence-electron chi connectivity index (χ4n) is 3.75. The SMILES string of the molecule is COc1ccc(S(=O)(=O)N(Cc2c(C)nn(C)c2-n2ccc3cc(Cl)ccc32)C(=O)O)cc1. The molecule has 2 heterocycles. The molecule has 0 aliphatic rings. The van der Waals surface area contributed by atoms with Crippen LogP contribution in [-0.4, -0.2) is 45.4 Å². The van der Waals surface area contributed by atoms with E-state index in [9.17, 15) is 18.3 Å². The van der Waals surface area contributed by atoms with Crippen LogP contribution in [0.25, 0.3) is 16.7 Å². The molecule has 0 aliphatic heterocycles. The Labute approximate surface area is 195 Å². The molecule has 0 bridgehead atoms. The summed E-state index contributed by atoms with van der Waals surface area (Å²) in [4.78, 5) is 11.9. The highest BCUT2D eigenvalue weighted by molar-refractivity contribution is 7.89. The lowest BCUT2D eigenvalue weighted by Crippen LogP contribution is -2.35. The van der Waals surface area contributed by atoms with Gasteiger partial charge in [-0.1, -0.05) is 11.6 Å². The molecule has 0 atom stereocenters. The number of fused-ring (bicyclic) bond motifs is 1. The number of carboxylic acid groups (broad SMARTS) is 1. The molecule has 11 heteroatoms. The Hall–Kier alpha value is -3.50. The molecule has 0 unspecified atom stereocenters. The first-order valence-electron chi connectivity index (χ1n) is 9.82. The molecule has 0 aliphatic carbocycles. The summed E-state index contributed by atoms with van der Waals surface area (Å²) in [6.45, 7) is 1.30. The van der Waals surface area contributed by atoms with Crippen molar-refractivity contribution in [3.8, 4) is 11.6 Å². The average molecular weight is 489 g/mol. The number of rotatable bonds is 6. The molecule has 1 N–H and O–H groups in total. The summed E-state index contributed by atoms with van der Waals surface area (Å²) in [6.07, 6.45) is 0.216. The van der Waals surface area contributed by atoms with Crippen LogP contribution in [0.5, 0.6) is 5.75 Å². The van der Waals surface area contributed by atoms with Gasteiger partial charge in [-0.2, -0.15) is 9.40 Å². The zero-order valence-corrected chi connectivity index (χ0v) is 19.6. The van der Waals surface area contributed by atoms with E-state index in [0.29, 0.717) is 32.2 Å². The van der Waals surface area contributed by atoms with Crippen LogP contribution in [0, 0.1) is 6.92 Å². The lowest BCUT2D eigenvalue weighted by molar-refractivity contribution is 0.170. The molecule has 172 valence electrons. The molecular weight excluding hydrogens is 468 g/mol. The van der Waals surface area contributed by atoms with Crippen molar-refractivity contribution in [1.82, 2.24) is 18.7 Å². The number of halogens is 1. The summed E-state index contributed by atoms with van der Waals surface area (Å²) in [5, 5.41) is 15.7. The lowest BCUT2D eigenvalue weighted by Gasteiger charge is -2.20. The second kappa shape index (κ2) is 8.45. The van der Waals surface area contributed by atoms with Gasteiger partial charge in [0.25, 0.3) is 10.0 Å². The van der Waals surface area contributed by atoms with Crippen molar-refractivity contribution in [1.29, 1.82) is 0 Å². The highest BCUT2D eigenvalue weighted by atomic mass is 35.5. The number of methoxy groups -OCH3 is 1. The van der Waals surface area contributed by atoms with E-state index in [1.165, 1.54) is 31.4 Å². The fraction of sp³-hybridized carbons (Fsp3) is 0.182. The Morgan fingerprint density at radius 1 is 1.18 bits per heavy atom. The van der Waals surface area contributed by atoms with Crippen LogP contribution in [-0.2, 0) is 23.6 Å². The second-order valence-electron chi connectivity index (χ2n) is 7.37. The number of hydrogen-bond acceptors (Lipinski definition) is 5. The summed E-state index contributed by atoms with van der Waals surface area (Å²) in [5.41, 5.74) is 1.80. The first-order chi connectivity index (χ1) is 15.6. The van der Waals surface area contributed by atoms with Crippen LogP contribution in [0.2, 0.25) is 5.02 Å². The molecule has 2 aromatic heterocycles. The summed E-state index contributed by atoms with van der Waals surface area (Å²) in [5.74, 6) is 1.02. The Bertz CT molecular complexity index is 1460. The first-order valence-corrected chi connectivity index (χ1v) is 11.6. The van der Waals surface area contributed by atoms with E-state index < -0.39 is 22.7 Å². The summed E-state index contributed by atoms with van der Waals surface area (Å²) >= 11 is 6.10. The normalized spacial score (nSPS) is 11.6. The smallest absolute Gasteiger partial charge is 0.421 e. The number of aromatic nitrogens is 3. The molecule has 33 heavy (non-hydrogen) atoms. The van der Waals surface area contributed by atoms with Crippen LogP contribution < -0.4 is 4.74 Å². The Balaban J connectivity index is 1.81. The van der Waals surface area contributed by atoms with Crippen molar-refractivity contribution in [2.45, 2.75) is 18.4 Å². The van der Waals surface area contributed by atoms with E-state index >= 15 is 0 Å². The van der Waals surface area contributed by atoms with Gasteiger partial charge in [-0.3, -0.25) is 4.68 Å². The van der Waals surface area contributed by atoms with Gasteiger partial charge >= 0.3 is 6.09 Å². The number of sulfonamides is 1. The maximum absolute atomic E-state index is 13.2. The zero-order chi connectivity index (χ0) is 23.9. The lowest BCUT2D eigenvalue weighted by atomic mass is 10.2. The Morgan fingerprint density at radius 2 is 1.88 bits per heavy atom. The predicted molar refractivity (Wildman–Crippen MR) is 124 cm³/mol. The molecule has 9 nitrogen and oxygen atoms in total. The summed E-state index contributed by atoms with van der Waals surface area (Å²) < 4.78 is 35.3. The second-order valence-corrected chi connectivity index (χ2v) is 9.67. The number of aryl methyl sites for hydroxylation is 2. The van der Waals surface area contributed by atoms with Gasteiger partial charge in [0, 0.05) is 29.2 Å².